The highest BCUT2D eigenvalue weighted by atomic mass is 79.9. The highest BCUT2D eigenvalue weighted by molar-refractivity contribution is 9.10. The summed E-state index contributed by atoms with van der Waals surface area (Å²) in [5, 5.41) is 2.85. The van der Waals surface area contributed by atoms with Crippen molar-refractivity contribution < 1.29 is 4.79 Å². The van der Waals surface area contributed by atoms with Crippen LogP contribution in [0.5, 0.6) is 0 Å². The summed E-state index contributed by atoms with van der Waals surface area (Å²) in [5.41, 5.74) is 1.64. The maximum absolute atomic E-state index is 12.1. The maximum Gasteiger partial charge on any atom is 0.260 e. The second kappa shape index (κ2) is 6.72. The number of pyridine rings is 1. The van der Waals surface area contributed by atoms with Gasteiger partial charge < -0.3 is 10.3 Å². The molecule has 0 aliphatic carbocycles. The Morgan fingerprint density at radius 2 is 2.10 bits per heavy atom. The third-order valence-corrected chi connectivity index (χ3v) is 3.60. The number of nitrogens with one attached hydrogen (secondary N) is 2. The molecule has 110 valence electrons. The lowest BCUT2D eigenvalue weighted by Gasteiger charge is -2.14. The van der Waals surface area contributed by atoms with Crippen molar-refractivity contribution in [2.75, 3.05) is 0 Å². The molecule has 0 aliphatic heterocycles. The number of carbonyl (C=O) groups is 1. The minimum Gasteiger partial charge on any atom is -0.349 e. The molecule has 1 atom stereocenters. The lowest BCUT2D eigenvalue weighted by Crippen LogP contribution is -2.37. The Bertz CT molecular complexity index is 709. The summed E-state index contributed by atoms with van der Waals surface area (Å²) in [5.74, 6) is -0.348. The minimum absolute atomic E-state index is 0.0625. The van der Waals surface area contributed by atoms with Crippen LogP contribution in [0.3, 0.4) is 0 Å². The van der Waals surface area contributed by atoms with Gasteiger partial charge >= 0.3 is 0 Å². The second-order valence-corrected chi connectivity index (χ2v) is 6.01. The Morgan fingerprint density at radius 3 is 2.76 bits per heavy atom. The van der Waals surface area contributed by atoms with Crippen LogP contribution >= 0.6 is 15.9 Å². The largest absolute Gasteiger partial charge is 0.349 e. The predicted molar refractivity (Wildman–Crippen MR) is 86.6 cm³/mol. The molecule has 21 heavy (non-hydrogen) atoms. The number of aryl methyl sites for hydroxylation is 1. The number of benzene rings is 1. The molecule has 1 aromatic heterocycles. The zero-order chi connectivity index (χ0) is 15.4. The van der Waals surface area contributed by atoms with Gasteiger partial charge in [0.15, 0.2) is 0 Å². The highest BCUT2D eigenvalue weighted by Crippen LogP contribution is 2.13. The summed E-state index contributed by atoms with van der Waals surface area (Å²) in [6.07, 6.45) is 0.703. The molecule has 0 aliphatic rings. The molecule has 5 heteroatoms. The van der Waals surface area contributed by atoms with Crippen molar-refractivity contribution in [1.29, 1.82) is 0 Å². The van der Waals surface area contributed by atoms with E-state index < -0.39 is 0 Å². The first-order chi connectivity index (χ1) is 9.95. The molecule has 1 aromatic carbocycles. The first-order valence-electron chi connectivity index (χ1n) is 6.71. The minimum atomic E-state index is -0.359. The van der Waals surface area contributed by atoms with Crippen molar-refractivity contribution in [2.24, 2.45) is 0 Å². The Balaban J connectivity index is 2.03. The lowest BCUT2D eigenvalue weighted by atomic mass is 10.1. The molecule has 2 aromatic rings. The van der Waals surface area contributed by atoms with Crippen LogP contribution in [0.15, 0.2) is 45.7 Å². The van der Waals surface area contributed by atoms with Gasteiger partial charge in [0.25, 0.3) is 11.5 Å². The van der Waals surface area contributed by atoms with Gasteiger partial charge in [0, 0.05) is 16.2 Å². The van der Waals surface area contributed by atoms with E-state index in [1.807, 2.05) is 31.2 Å². The van der Waals surface area contributed by atoms with Gasteiger partial charge in [-0.1, -0.05) is 28.1 Å². The summed E-state index contributed by atoms with van der Waals surface area (Å²) >= 11 is 3.42. The summed E-state index contributed by atoms with van der Waals surface area (Å²) in [6, 6.07) is 11.1. The van der Waals surface area contributed by atoms with E-state index in [9.17, 15) is 9.59 Å². The van der Waals surface area contributed by atoms with Crippen LogP contribution in [-0.2, 0) is 6.42 Å². The molecule has 2 rings (SSSR count). The van der Waals surface area contributed by atoms with E-state index >= 15 is 0 Å². The Hall–Kier alpha value is -1.88. The summed E-state index contributed by atoms with van der Waals surface area (Å²) in [7, 11) is 0. The number of rotatable bonds is 4. The zero-order valence-corrected chi connectivity index (χ0v) is 13.5. The SMILES string of the molecule is Cc1ccc(C(=O)NC(C)Cc2cccc(Br)c2)c(=O)[nH]1. The van der Waals surface area contributed by atoms with Crippen molar-refractivity contribution in [2.45, 2.75) is 26.3 Å². The monoisotopic (exact) mass is 348 g/mol. The average molecular weight is 349 g/mol. The van der Waals surface area contributed by atoms with Gasteiger partial charge in [0.1, 0.15) is 5.56 Å². The molecule has 0 fully saturated rings. The molecule has 4 nitrogen and oxygen atoms in total. The van der Waals surface area contributed by atoms with Gasteiger partial charge in [-0.25, -0.2) is 0 Å². The van der Waals surface area contributed by atoms with Crippen LogP contribution in [0.1, 0.15) is 28.5 Å². The van der Waals surface area contributed by atoms with Crippen molar-refractivity contribution >= 4 is 21.8 Å². The van der Waals surface area contributed by atoms with Crippen LogP contribution in [-0.4, -0.2) is 16.9 Å². The molecule has 0 radical (unpaired) electrons. The molecule has 0 spiro atoms. The molecule has 0 saturated heterocycles. The van der Waals surface area contributed by atoms with E-state index in [1.165, 1.54) is 0 Å². The Kier molecular flexibility index (Phi) is 4.96. The summed E-state index contributed by atoms with van der Waals surface area (Å²) in [4.78, 5) is 26.5. The fraction of sp³-hybridized carbons (Fsp3) is 0.250. The van der Waals surface area contributed by atoms with E-state index in [4.69, 9.17) is 0 Å². The first kappa shape index (κ1) is 15.5. The van der Waals surface area contributed by atoms with Crippen molar-refractivity contribution in [1.82, 2.24) is 10.3 Å². The molecule has 1 amide bonds. The zero-order valence-electron chi connectivity index (χ0n) is 11.9. The van der Waals surface area contributed by atoms with Crippen LogP contribution in [0.25, 0.3) is 0 Å². The van der Waals surface area contributed by atoms with Gasteiger partial charge in [-0.2, -0.15) is 0 Å². The fourth-order valence-electron chi connectivity index (χ4n) is 2.12. The van der Waals surface area contributed by atoms with Crippen LogP contribution in [0, 0.1) is 6.92 Å². The topological polar surface area (TPSA) is 62.0 Å². The predicted octanol–water partition coefficient (Wildman–Crippen LogP) is 2.81. The first-order valence-corrected chi connectivity index (χ1v) is 7.50. The Morgan fingerprint density at radius 1 is 1.33 bits per heavy atom. The molecular weight excluding hydrogens is 332 g/mol. The number of aromatic amines is 1. The standard InChI is InChI=1S/C16H17BrN2O2/c1-10-6-7-14(15(20)18-10)16(21)19-11(2)8-12-4-3-5-13(17)9-12/h3-7,9,11H,8H2,1-2H3,(H,18,20)(H,19,21). The van der Waals surface area contributed by atoms with E-state index in [0.29, 0.717) is 6.42 Å². The smallest absolute Gasteiger partial charge is 0.260 e. The quantitative estimate of drug-likeness (QED) is 0.892. The van der Waals surface area contributed by atoms with Crippen LogP contribution in [0.4, 0.5) is 0 Å². The summed E-state index contributed by atoms with van der Waals surface area (Å²) < 4.78 is 1.01. The van der Waals surface area contributed by atoms with E-state index in [0.717, 1.165) is 15.7 Å². The number of aromatic nitrogens is 1. The number of hydrogen-bond acceptors (Lipinski definition) is 2. The molecule has 2 N–H and O–H groups in total. The van der Waals surface area contributed by atoms with Crippen molar-refractivity contribution in [3.63, 3.8) is 0 Å². The third kappa shape index (κ3) is 4.29. The normalized spacial score (nSPS) is 12.0. The number of hydrogen-bond donors (Lipinski definition) is 2. The average Bonchev–Trinajstić information content (AvgIpc) is 2.38. The van der Waals surface area contributed by atoms with Crippen molar-refractivity contribution in [3.05, 3.63) is 68.0 Å². The van der Waals surface area contributed by atoms with Gasteiger partial charge in [-0.05, 0) is 50.1 Å². The van der Waals surface area contributed by atoms with Gasteiger partial charge in [0.2, 0.25) is 0 Å². The lowest BCUT2D eigenvalue weighted by molar-refractivity contribution is 0.0938. The number of amides is 1. The second-order valence-electron chi connectivity index (χ2n) is 5.09. The van der Waals surface area contributed by atoms with E-state index in [2.05, 4.69) is 26.2 Å². The highest BCUT2D eigenvalue weighted by Gasteiger charge is 2.13. The molecule has 1 unspecified atom stereocenters. The van der Waals surface area contributed by atoms with Gasteiger partial charge in [-0.15, -0.1) is 0 Å². The number of H-pyrrole nitrogens is 1. The molecule has 0 bridgehead atoms. The fourth-order valence-corrected chi connectivity index (χ4v) is 2.57. The number of halogens is 1. The maximum atomic E-state index is 12.1. The number of carbonyl (C=O) groups excluding carboxylic acids is 1. The molecular formula is C16H17BrN2O2. The third-order valence-electron chi connectivity index (χ3n) is 3.11. The van der Waals surface area contributed by atoms with Crippen LogP contribution < -0.4 is 10.9 Å². The van der Waals surface area contributed by atoms with Crippen LogP contribution in [0.2, 0.25) is 0 Å². The van der Waals surface area contributed by atoms with Gasteiger partial charge in [-0.3, -0.25) is 9.59 Å². The Labute approximate surface area is 131 Å². The molecule has 1 heterocycles. The van der Waals surface area contributed by atoms with Crippen molar-refractivity contribution in [3.8, 4) is 0 Å². The van der Waals surface area contributed by atoms with E-state index in [1.54, 1.807) is 19.1 Å². The van der Waals surface area contributed by atoms with Gasteiger partial charge in [0.05, 0.1) is 0 Å². The van der Waals surface area contributed by atoms with E-state index in [-0.39, 0.29) is 23.1 Å². The molecule has 0 saturated carbocycles. The summed E-state index contributed by atoms with van der Waals surface area (Å²) in [6.45, 7) is 3.69.